The Morgan fingerprint density at radius 3 is 2.83 bits per heavy atom. The molecule has 0 aromatic heterocycles. The number of amides is 2. The molecule has 1 fully saturated rings. The summed E-state index contributed by atoms with van der Waals surface area (Å²) in [4.78, 5) is 34.0. The van der Waals surface area contributed by atoms with Crippen LogP contribution in [0.1, 0.15) is 24.8 Å². The summed E-state index contributed by atoms with van der Waals surface area (Å²) in [5, 5.41) is 5.22. The van der Waals surface area contributed by atoms with E-state index in [0.717, 1.165) is 5.56 Å². The van der Waals surface area contributed by atoms with Gasteiger partial charge in [-0.25, -0.2) is 9.59 Å². The van der Waals surface area contributed by atoms with Gasteiger partial charge in [-0.3, -0.25) is 4.79 Å². The summed E-state index contributed by atoms with van der Waals surface area (Å²) in [5.74, 6) is -0.683. The average molecular weight is 320 g/mol. The van der Waals surface area contributed by atoms with Crippen LogP contribution < -0.4 is 10.6 Å². The maximum Gasteiger partial charge on any atom is 0.407 e. The fourth-order valence-electron chi connectivity index (χ4n) is 2.16. The first-order valence-corrected chi connectivity index (χ1v) is 7.55. The summed E-state index contributed by atoms with van der Waals surface area (Å²) in [5.41, 5.74) is 0.925. The first-order valence-electron chi connectivity index (χ1n) is 7.55. The molecule has 7 heteroatoms. The number of esters is 1. The number of nitrogens with one attached hydrogen (secondary N) is 2. The van der Waals surface area contributed by atoms with Crippen LogP contribution in [0.25, 0.3) is 0 Å². The summed E-state index contributed by atoms with van der Waals surface area (Å²) in [6.45, 7) is 0.472. The molecule has 1 aromatic carbocycles. The Balaban J connectivity index is 1.54. The van der Waals surface area contributed by atoms with Crippen LogP contribution in [-0.2, 0) is 25.7 Å². The number of alkyl carbamates (subject to hydrolysis) is 1. The normalized spacial score (nSPS) is 17.1. The van der Waals surface area contributed by atoms with Crippen LogP contribution in [0.5, 0.6) is 0 Å². The molecule has 1 heterocycles. The van der Waals surface area contributed by atoms with E-state index in [2.05, 4.69) is 10.6 Å². The van der Waals surface area contributed by atoms with Crippen molar-refractivity contribution in [3.05, 3.63) is 35.9 Å². The van der Waals surface area contributed by atoms with Gasteiger partial charge in [-0.2, -0.15) is 0 Å². The van der Waals surface area contributed by atoms with Crippen LogP contribution in [0.4, 0.5) is 4.79 Å². The van der Waals surface area contributed by atoms with Crippen molar-refractivity contribution >= 4 is 18.0 Å². The molecule has 2 N–H and O–H groups in total. The van der Waals surface area contributed by atoms with Crippen LogP contribution in [0, 0.1) is 0 Å². The Labute approximate surface area is 134 Å². The molecule has 124 valence electrons. The number of cyclic esters (lactones) is 1. The molecule has 1 saturated heterocycles. The highest BCUT2D eigenvalue weighted by molar-refractivity contribution is 5.90. The fourth-order valence-corrected chi connectivity index (χ4v) is 2.16. The van der Waals surface area contributed by atoms with Crippen LogP contribution in [-0.4, -0.2) is 37.2 Å². The number of benzene rings is 1. The van der Waals surface area contributed by atoms with E-state index in [1.54, 1.807) is 0 Å². The third kappa shape index (κ3) is 5.98. The van der Waals surface area contributed by atoms with Crippen LogP contribution >= 0.6 is 0 Å². The van der Waals surface area contributed by atoms with Gasteiger partial charge in [0.15, 0.2) is 6.61 Å². The van der Waals surface area contributed by atoms with E-state index in [-0.39, 0.29) is 19.1 Å². The number of carbonyl (C=O) groups excluding carboxylic acids is 3. The van der Waals surface area contributed by atoms with Gasteiger partial charge < -0.3 is 20.1 Å². The van der Waals surface area contributed by atoms with Crippen LogP contribution in [0.2, 0.25) is 0 Å². The third-order valence-corrected chi connectivity index (χ3v) is 3.37. The Morgan fingerprint density at radius 1 is 1.26 bits per heavy atom. The van der Waals surface area contributed by atoms with Crippen LogP contribution in [0.3, 0.4) is 0 Å². The zero-order valence-corrected chi connectivity index (χ0v) is 12.7. The molecule has 1 atom stereocenters. The number of carbonyl (C=O) groups is 3. The second kappa shape index (κ2) is 8.77. The van der Waals surface area contributed by atoms with E-state index in [1.807, 2.05) is 30.3 Å². The molecule has 2 amide bonds. The largest absolute Gasteiger partial charge is 0.454 e. The zero-order valence-electron chi connectivity index (χ0n) is 12.7. The minimum Gasteiger partial charge on any atom is -0.454 e. The molecule has 0 aliphatic carbocycles. The molecular weight excluding hydrogens is 300 g/mol. The van der Waals surface area contributed by atoms with Gasteiger partial charge in [-0.1, -0.05) is 30.3 Å². The van der Waals surface area contributed by atoms with Crippen molar-refractivity contribution < 1.29 is 23.9 Å². The van der Waals surface area contributed by atoms with Gasteiger partial charge in [0.1, 0.15) is 12.6 Å². The van der Waals surface area contributed by atoms with E-state index in [0.29, 0.717) is 25.8 Å². The first kappa shape index (κ1) is 16.8. The highest BCUT2D eigenvalue weighted by atomic mass is 16.5. The monoisotopic (exact) mass is 320 g/mol. The topological polar surface area (TPSA) is 93.7 Å². The summed E-state index contributed by atoms with van der Waals surface area (Å²) < 4.78 is 9.81. The lowest BCUT2D eigenvalue weighted by molar-refractivity contribution is -0.157. The van der Waals surface area contributed by atoms with Gasteiger partial charge >= 0.3 is 12.1 Å². The second-order valence-corrected chi connectivity index (χ2v) is 5.21. The first-order chi connectivity index (χ1) is 11.1. The summed E-state index contributed by atoms with van der Waals surface area (Å²) in [7, 11) is 0. The summed E-state index contributed by atoms with van der Waals surface area (Å²) in [6, 6.07) is 8.84. The Hall–Kier alpha value is -2.57. The van der Waals surface area contributed by atoms with Crippen molar-refractivity contribution in [2.75, 3.05) is 13.2 Å². The smallest absolute Gasteiger partial charge is 0.407 e. The minimum atomic E-state index is -0.582. The molecule has 23 heavy (non-hydrogen) atoms. The molecule has 1 aliphatic rings. The average Bonchev–Trinajstić information content (AvgIpc) is 2.56. The van der Waals surface area contributed by atoms with Crippen LogP contribution in [0.15, 0.2) is 30.3 Å². The molecule has 1 aromatic rings. The number of hydrogen-bond donors (Lipinski definition) is 2. The summed E-state index contributed by atoms with van der Waals surface area (Å²) >= 11 is 0. The fraction of sp³-hybridized carbons (Fsp3) is 0.438. The third-order valence-electron chi connectivity index (χ3n) is 3.37. The quantitative estimate of drug-likeness (QED) is 0.580. The Morgan fingerprint density at radius 2 is 2.04 bits per heavy atom. The SMILES string of the molecule is O=C1COC(=O)[C@@H](CCCCNC(=O)OCc2ccccc2)N1. The van der Waals surface area contributed by atoms with Gasteiger partial charge in [0.25, 0.3) is 5.91 Å². The lowest BCUT2D eigenvalue weighted by atomic mass is 10.1. The predicted molar refractivity (Wildman–Crippen MR) is 81.4 cm³/mol. The molecule has 0 spiro atoms. The molecule has 7 nitrogen and oxygen atoms in total. The predicted octanol–water partition coefficient (Wildman–Crippen LogP) is 1.12. The van der Waals surface area contributed by atoms with E-state index in [4.69, 9.17) is 9.47 Å². The van der Waals surface area contributed by atoms with E-state index in [9.17, 15) is 14.4 Å². The maximum atomic E-state index is 11.5. The number of hydrogen-bond acceptors (Lipinski definition) is 5. The van der Waals surface area contributed by atoms with E-state index < -0.39 is 18.1 Å². The van der Waals surface area contributed by atoms with Crippen molar-refractivity contribution in [3.8, 4) is 0 Å². The van der Waals surface area contributed by atoms with E-state index >= 15 is 0 Å². The zero-order chi connectivity index (χ0) is 16.5. The molecular formula is C16H20N2O5. The highest BCUT2D eigenvalue weighted by Gasteiger charge is 2.27. The van der Waals surface area contributed by atoms with Gasteiger partial charge in [0, 0.05) is 6.54 Å². The Kier molecular flexibility index (Phi) is 6.40. The van der Waals surface area contributed by atoms with Gasteiger partial charge in [-0.15, -0.1) is 0 Å². The maximum absolute atomic E-state index is 11.5. The molecule has 0 radical (unpaired) electrons. The molecule has 0 bridgehead atoms. The molecule has 2 rings (SSSR count). The van der Waals surface area contributed by atoms with Crippen molar-refractivity contribution in [1.82, 2.24) is 10.6 Å². The van der Waals surface area contributed by atoms with E-state index in [1.165, 1.54) is 0 Å². The number of rotatable bonds is 7. The van der Waals surface area contributed by atoms with Crippen molar-refractivity contribution in [3.63, 3.8) is 0 Å². The summed E-state index contributed by atoms with van der Waals surface area (Å²) in [6.07, 6.45) is 1.38. The Bertz CT molecular complexity index is 547. The number of morpholine rings is 1. The lowest BCUT2D eigenvalue weighted by Crippen LogP contribution is -2.49. The molecule has 0 unspecified atom stereocenters. The van der Waals surface area contributed by atoms with Gasteiger partial charge in [0.05, 0.1) is 0 Å². The number of unbranched alkanes of at least 4 members (excludes halogenated alkanes) is 1. The van der Waals surface area contributed by atoms with Crippen molar-refractivity contribution in [1.29, 1.82) is 0 Å². The molecule has 0 saturated carbocycles. The second-order valence-electron chi connectivity index (χ2n) is 5.21. The van der Waals surface area contributed by atoms with Crippen molar-refractivity contribution in [2.24, 2.45) is 0 Å². The van der Waals surface area contributed by atoms with Gasteiger partial charge in [-0.05, 0) is 24.8 Å². The number of ether oxygens (including phenoxy) is 2. The van der Waals surface area contributed by atoms with Crippen molar-refractivity contribution in [2.45, 2.75) is 31.9 Å². The van der Waals surface area contributed by atoms with Gasteiger partial charge in [0.2, 0.25) is 0 Å². The molecule has 1 aliphatic heterocycles. The highest BCUT2D eigenvalue weighted by Crippen LogP contribution is 2.06. The minimum absolute atomic E-state index is 0.204. The lowest BCUT2D eigenvalue weighted by Gasteiger charge is -2.21. The standard InChI is InChI=1S/C16H20N2O5/c19-14-11-22-15(20)13(18-14)8-4-5-9-17-16(21)23-10-12-6-2-1-3-7-12/h1-3,6-7,13H,4-5,8-11H2,(H,17,21)(H,18,19)/t13-/m1/s1.